The van der Waals surface area contributed by atoms with Gasteiger partial charge in [-0.25, -0.2) is 4.98 Å². The summed E-state index contributed by atoms with van der Waals surface area (Å²) < 4.78 is 0. The number of hydrogen-bond donors (Lipinski definition) is 2. The summed E-state index contributed by atoms with van der Waals surface area (Å²) in [5.74, 6) is -0.353. The van der Waals surface area contributed by atoms with Crippen LogP contribution in [0.5, 0.6) is 0 Å². The first-order chi connectivity index (χ1) is 8.65. The smallest absolute Gasteiger partial charge is 0.269 e. The number of carbonyl (C=O) groups is 2. The maximum Gasteiger partial charge on any atom is 0.269 e. The molecule has 18 heavy (non-hydrogen) atoms. The Hall–Kier alpha value is -1.62. The lowest BCUT2D eigenvalue weighted by Gasteiger charge is -2.05. The van der Waals surface area contributed by atoms with E-state index in [-0.39, 0.29) is 29.1 Å². The molecule has 1 saturated carbocycles. The van der Waals surface area contributed by atoms with Gasteiger partial charge in [0.25, 0.3) is 5.91 Å². The van der Waals surface area contributed by atoms with Gasteiger partial charge in [0.15, 0.2) is 0 Å². The molecule has 6 heteroatoms. The third kappa shape index (κ3) is 4.00. The van der Waals surface area contributed by atoms with Gasteiger partial charge >= 0.3 is 0 Å². The lowest BCUT2D eigenvalue weighted by atomic mass is 10.3. The second-order valence-corrected chi connectivity index (χ2v) is 4.58. The Labute approximate surface area is 110 Å². The summed E-state index contributed by atoms with van der Waals surface area (Å²) in [4.78, 5) is 26.9. The van der Waals surface area contributed by atoms with Crippen LogP contribution in [0.25, 0.3) is 0 Å². The first-order valence-electron chi connectivity index (χ1n) is 5.85. The Balaban J connectivity index is 1.72. The molecule has 0 saturated heterocycles. The molecule has 96 valence electrons. The van der Waals surface area contributed by atoms with Crippen LogP contribution >= 0.6 is 11.6 Å². The molecule has 0 radical (unpaired) electrons. The predicted molar refractivity (Wildman–Crippen MR) is 67.4 cm³/mol. The average Bonchev–Trinajstić information content (AvgIpc) is 3.12. The van der Waals surface area contributed by atoms with Crippen molar-refractivity contribution in [3.8, 4) is 0 Å². The van der Waals surface area contributed by atoms with Crippen molar-refractivity contribution in [3.05, 3.63) is 29.0 Å². The molecule has 0 unspecified atom stereocenters. The molecule has 1 aromatic rings. The number of carbonyl (C=O) groups excluding carboxylic acids is 2. The number of pyridine rings is 1. The van der Waals surface area contributed by atoms with E-state index in [2.05, 4.69) is 15.6 Å². The molecule has 0 aliphatic heterocycles. The molecule has 1 heterocycles. The number of hydrogen-bond acceptors (Lipinski definition) is 3. The van der Waals surface area contributed by atoms with E-state index in [1.165, 1.54) is 0 Å². The topological polar surface area (TPSA) is 71.1 Å². The maximum absolute atomic E-state index is 11.6. The van der Waals surface area contributed by atoms with Crippen molar-refractivity contribution in [3.63, 3.8) is 0 Å². The Bertz CT molecular complexity index is 460. The number of aromatic nitrogens is 1. The van der Waals surface area contributed by atoms with Crippen LogP contribution in [-0.4, -0.2) is 29.4 Å². The van der Waals surface area contributed by atoms with Gasteiger partial charge < -0.3 is 10.6 Å². The average molecular weight is 268 g/mol. The van der Waals surface area contributed by atoms with Gasteiger partial charge in [0, 0.05) is 19.0 Å². The highest BCUT2D eigenvalue weighted by molar-refractivity contribution is 6.29. The van der Waals surface area contributed by atoms with Gasteiger partial charge in [-0.2, -0.15) is 0 Å². The van der Waals surface area contributed by atoms with E-state index in [1.54, 1.807) is 18.2 Å². The SMILES string of the molecule is O=C(CCNC(=O)c1cccc(Cl)n1)NC1CC1. The molecule has 2 N–H and O–H groups in total. The van der Waals surface area contributed by atoms with Crippen LogP contribution in [0.3, 0.4) is 0 Å². The number of halogens is 1. The quantitative estimate of drug-likeness (QED) is 0.786. The lowest BCUT2D eigenvalue weighted by Crippen LogP contribution is -2.32. The highest BCUT2D eigenvalue weighted by Crippen LogP contribution is 2.18. The van der Waals surface area contributed by atoms with Gasteiger partial charge in [0.1, 0.15) is 10.8 Å². The summed E-state index contributed by atoms with van der Waals surface area (Å²) in [5, 5.41) is 5.75. The molecule has 0 aromatic carbocycles. The number of rotatable bonds is 5. The van der Waals surface area contributed by atoms with E-state index >= 15 is 0 Å². The number of nitrogens with one attached hydrogen (secondary N) is 2. The highest BCUT2D eigenvalue weighted by Gasteiger charge is 2.22. The van der Waals surface area contributed by atoms with Crippen LogP contribution in [-0.2, 0) is 4.79 Å². The third-order valence-electron chi connectivity index (χ3n) is 2.53. The van der Waals surface area contributed by atoms with Gasteiger partial charge in [0.2, 0.25) is 5.91 Å². The largest absolute Gasteiger partial charge is 0.353 e. The zero-order valence-corrected chi connectivity index (χ0v) is 10.5. The molecular formula is C12H14ClN3O2. The van der Waals surface area contributed by atoms with Crippen molar-refractivity contribution in [2.75, 3.05) is 6.54 Å². The van der Waals surface area contributed by atoms with Gasteiger partial charge in [-0.15, -0.1) is 0 Å². The summed E-state index contributed by atoms with van der Waals surface area (Å²) in [6, 6.07) is 5.18. The van der Waals surface area contributed by atoms with Crippen molar-refractivity contribution >= 4 is 23.4 Å². The van der Waals surface area contributed by atoms with E-state index in [4.69, 9.17) is 11.6 Å². The fourth-order valence-electron chi connectivity index (χ4n) is 1.44. The lowest BCUT2D eigenvalue weighted by molar-refractivity contribution is -0.121. The van der Waals surface area contributed by atoms with Gasteiger partial charge in [-0.05, 0) is 25.0 Å². The fourth-order valence-corrected chi connectivity index (χ4v) is 1.61. The molecule has 0 bridgehead atoms. The van der Waals surface area contributed by atoms with Crippen LogP contribution < -0.4 is 10.6 Å². The first-order valence-corrected chi connectivity index (χ1v) is 6.23. The minimum atomic E-state index is -0.322. The minimum Gasteiger partial charge on any atom is -0.353 e. The highest BCUT2D eigenvalue weighted by atomic mass is 35.5. The zero-order chi connectivity index (χ0) is 13.0. The van der Waals surface area contributed by atoms with Crippen molar-refractivity contribution in [1.29, 1.82) is 0 Å². The van der Waals surface area contributed by atoms with Crippen molar-refractivity contribution < 1.29 is 9.59 Å². The molecule has 1 fully saturated rings. The van der Waals surface area contributed by atoms with Crippen LogP contribution in [0.2, 0.25) is 5.15 Å². The van der Waals surface area contributed by atoms with E-state index in [0.29, 0.717) is 12.6 Å². The fraction of sp³-hybridized carbons (Fsp3) is 0.417. The van der Waals surface area contributed by atoms with E-state index < -0.39 is 0 Å². The Morgan fingerprint density at radius 2 is 2.17 bits per heavy atom. The molecular weight excluding hydrogens is 254 g/mol. The minimum absolute atomic E-state index is 0.0307. The van der Waals surface area contributed by atoms with Gasteiger partial charge in [-0.1, -0.05) is 17.7 Å². The van der Waals surface area contributed by atoms with Crippen molar-refractivity contribution in [2.24, 2.45) is 0 Å². The molecule has 1 aromatic heterocycles. The molecule has 0 spiro atoms. The Morgan fingerprint density at radius 1 is 1.39 bits per heavy atom. The molecule has 1 aliphatic rings. The van der Waals surface area contributed by atoms with Crippen LogP contribution in [0.15, 0.2) is 18.2 Å². The van der Waals surface area contributed by atoms with E-state index in [0.717, 1.165) is 12.8 Å². The van der Waals surface area contributed by atoms with Gasteiger partial charge in [-0.3, -0.25) is 9.59 Å². The van der Waals surface area contributed by atoms with Crippen LogP contribution in [0.1, 0.15) is 29.8 Å². The molecule has 2 amide bonds. The Kier molecular flexibility index (Phi) is 4.15. The maximum atomic E-state index is 11.6. The molecule has 0 atom stereocenters. The monoisotopic (exact) mass is 267 g/mol. The normalized spacial score (nSPS) is 14.1. The van der Waals surface area contributed by atoms with Crippen LogP contribution in [0, 0.1) is 0 Å². The number of amides is 2. The second kappa shape index (κ2) is 5.82. The second-order valence-electron chi connectivity index (χ2n) is 4.19. The molecule has 1 aliphatic carbocycles. The number of nitrogens with zero attached hydrogens (tertiary/aromatic N) is 1. The van der Waals surface area contributed by atoms with E-state index in [9.17, 15) is 9.59 Å². The summed E-state index contributed by atoms with van der Waals surface area (Å²) >= 11 is 5.68. The summed E-state index contributed by atoms with van der Waals surface area (Å²) in [6.07, 6.45) is 2.40. The van der Waals surface area contributed by atoms with Gasteiger partial charge in [0.05, 0.1) is 0 Å². The Morgan fingerprint density at radius 3 is 2.83 bits per heavy atom. The van der Waals surface area contributed by atoms with Crippen molar-refractivity contribution in [1.82, 2.24) is 15.6 Å². The van der Waals surface area contributed by atoms with E-state index in [1.807, 2.05) is 0 Å². The summed E-state index contributed by atoms with van der Waals surface area (Å²) in [5.41, 5.74) is 0.255. The third-order valence-corrected chi connectivity index (χ3v) is 2.74. The standard InChI is InChI=1S/C12H14ClN3O2/c13-10-3-1-2-9(16-10)12(18)14-7-6-11(17)15-8-4-5-8/h1-3,8H,4-7H2,(H,14,18)(H,15,17). The van der Waals surface area contributed by atoms with Crippen molar-refractivity contribution in [2.45, 2.75) is 25.3 Å². The zero-order valence-electron chi connectivity index (χ0n) is 9.78. The predicted octanol–water partition coefficient (Wildman–Crippen LogP) is 1.13. The summed E-state index contributed by atoms with van der Waals surface area (Å²) in [6.45, 7) is 0.297. The molecule has 2 rings (SSSR count). The first kappa shape index (κ1) is 12.8. The van der Waals surface area contributed by atoms with Crippen LogP contribution in [0.4, 0.5) is 0 Å². The summed E-state index contributed by atoms with van der Waals surface area (Å²) in [7, 11) is 0. The molecule has 5 nitrogen and oxygen atoms in total.